The van der Waals surface area contributed by atoms with Crippen LogP contribution < -0.4 is 5.32 Å². The van der Waals surface area contributed by atoms with Crippen LogP contribution in [0.15, 0.2) is 40.9 Å². The standard InChI is InChI=1S/C13H7BrF2N2O3/c14-9-5-7(1-3-10(9)16)13(19)17-11-4-2-8(15)6-12(11)18(20)21/h1-6H,(H,17,19). The lowest BCUT2D eigenvalue weighted by atomic mass is 10.2. The van der Waals surface area contributed by atoms with Crippen LogP contribution in [0, 0.1) is 21.7 Å². The van der Waals surface area contributed by atoms with Crippen LogP contribution in [0.25, 0.3) is 0 Å². The first-order chi connectivity index (χ1) is 9.88. The van der Waals surface area contributed by atoms with Crippen molar-refractivity contribution in [3.8, 4) is 0 Å². The van der Waals surface area contributed by atoms with E-state index in [1.807, 2.05) is 0 Å². The van der Waals surface area contributed by atoms with Gasteiger partial charge in [-0.05, 0) is 46.3 Å². The van der Waals surface area contributed by atoms with Crippen LogP contribution in [-0.4, -0.2) is 10.8 Å². The first kappa shape index (κ1) is 15.0. The minimum Gasteiger partial charge on any atom is -0.316 e. The van der Waals surface area contributed by atoms with Gasteiger partial charge in [0.1, 0.15) is 17.3 Å². The van der Waals surface area contributed by atoms with Crippen molar-refractivity contribution in [3.63, 3.8) is 0 Å². The molecule has 0 unspecified atom stereocenters. The topological polar surface area (TPSA) is 72.2 Å². The molecule has 2 rings (SSSR count). The van der Waals surface area contributed by atoms with Crippen molar-refractivity contribution < 1.29 is 18.5 Å². The van der Waals surface area contributed by atoms with E-state index in [1.165, 1.54) is 12.1 Å². The maximum absolute atomic E-state index is 13.1. The average Bonchev–Trinajstić information content (AvgIpc) is 2.43. The zero-order valence-electron chi connectivity index (χ0n) is 10.3. The molecule has 0 aliphatic carbocycles. The first-order valence-electron chi connectivity index (χ1n) is 5.59. The van der Waals surface area contributed by atoms with E-state index in [0.29, 0.717) is 6.07 Å². The van der Waals surface area contributed by atoms with Crippen LogP contribution in [0.5, 0.6) is 0 Å². The summed E-state index contributed by atoms with van der Waals surface area (Å²) in [6, 6.07) is 6.33. The zero-order chi connectivity index (χ0) is 15.6. The number of carbonyl (C=O) groups excluding carboxylic acids is 1. The predicted molar refractivity (Wildman–Crippen MR) is 75.1 cm³/mol. The Bertz CT molecular complexity index is 737. The minimum absolute atomic E-state index is 0.0868. The van der Waals surface area contributed by atoms with Crippen molar-refractivity contribution >= 4 is 33.2 Å². The smallest absolute Gasteiger partial charge is 0.295 e. The molecule has 2 aromatic carbocycles. The van der Waals surface area contributed by atoms with Crippen LogP contribution in [-0.2, 0) is 0 Å². The highest BCUT2D eigenvalue weighted by Crippen LogP contribution is 2.26. The van der Waals surface area contributed by atoms with Gasteiger partial charge in [0.2, 0.25) is 0 Å². The molecule has 0 saturated heterocycles. The second kappa shape index (κ2) is 5.96. The largest absolute Gasteiger partial charge is 0.316 e. The van der Waals surface area contributed by atoms with Gasteiger partial charge >= 0.3 is 0 Å². The third kappa shape index (κ3) is 3.40. The molecule has 0 aliphatic rings. The molecule has 1 N–H and O–H groups in total. The summed E-state index contributed by atoms with van der Waals surface area (Å²) in [5.41, 5.74) is -0.613. The molecule has 0 fully saturated rings. The number of carbonyl (C=O) groups is 1. The van der Waals surface area contributed by atoms with E-state index < -0.39 is 28.2 Å². The molecule has 0 bridgehead atoms. The molecule has 21 heavy (non-hydrogen) atoms. The lowest BCUT2D eigenvalue weighted by Gasteiger charge is -2.06. The number of nitrogens with one attached hydrogen (secondary N) is 1. The SMILES string of the molecule is O=C(Nc1ccc(F)cc1[N+](=O)[O-])c1ccc(F)c(Br)c1. The third-order valence-corrected chi connectivity index (χ3v) is 3.19. The Morgan fingerprint density at radius 1 is 1.19 bits per heavy atom. The highest BCUT2D eigenvalue weighted by atomic mass is 79.9. The van der Waals surface area contributed by atoms with Crippen LogP contribution in [0.2, 0.25) is 0 Å². The quantitative estimate of drug-likeness (QED) is 0.669. The van der Waals surface area contributed by atoms with Crippen LogP contribution >= 0.6 is 15.9 Å². The lowest BCUT2D eigenvalue weighted by molar-refractivity contribution is -0.384. The normalized spacial score (nSPS) is 10.2. The fourth-order valence-corrected chi connectivity index (χ4v) is 1.97. The maximum atomic E-state index is 13.1. The summed E-state index contributed by atoms with van der Waals surface area (Å²) in [4.78, 5) is 22.0. The molecule has 8 heteroatoms. The Balaban J connectivity index is 2.31. The summed E-state index contributed by atoms with van der Waals surface area (Å²) < 4.78 is 26.2. The average molecular weight is 357 g/mol. The van der Waals surface area contributed by atoms with Crippen molar-refractivity contribution in [3.05, 3.63) is 68.2 Å². The van der Waals surface area contributed by atoms with Gasteiger partial charge in [-0.25, -0.2) is 8.78 Å². The van der Waals surface area contributed by atoms with Gasteiger partial charge in [0.25, 0.3) is 11.6 Å². The zero-order valence-corrected chi connectivity index (χ0v) is 11.9. The van der Waals surface area contributed by atoms with Gasteiger partial charge in [0, 0.05) is 5.56 Å². The fraction of sp³-hybridized carbons (Fsp3) is 0. The molecule has 5 nitrogen and oxygen atoms in total. The van der Waals surface area contributed by atoms with Crippen LogP contribution in [0.1, 0.15) is 10.4 Å². The van der Waals surface area contributed by atoms with Gasteiger partial charge in [-0.1, -0.05) is 0 Å². The van der Waals surface area contributed by atoms with Crippen molar-refractivity contribution in [2.24, 2.45) is 0 Å². The Kier molecular flexibility index (Phi) is 4.27. The highest BCUT2D eigenvalue weighted by Gasteiger charge is 2.18. The Morgan fingerprint density at radius 3 is 2.52 bits per heavy atom. The number of anilines is 1. The van der Waals surface area contributed by atoms with E-state index in [9.17, 15) is 23.7 Å². The number of amides is 1. The summed E-state index contributed by atoms with van der Waals surface area (Å²) in [5, 5.41) is 13.1. The maximum Gasteiger partial charge on any atom is 0.295 e. The summed E-state index contributed by atoms with van der Waals surface area (Å²) in [5.74, 6) is -2.01. The third-order valence-electron chi connectivity index (χ3n) is 2.59. The number of benzene rings is 2. The van der Waals surface area contributed by atoms with E-state index >= 15 is 0 Å². The van der Waals surface area contributed by atoms with E-state index in [2.05, 4.69) is 21.2 Å². The Labute approximate surface area is 125 Å². The molecule has 2 aromatic rings. The van der Waals surface area contributed by atoms with Crippen molar-refractivity contribution in [2.45, 2.75) is 0 Å². The van der Waals surface area contributed by atoms with Crippen molar-refractivity contribution in [2.75, 3.05) is 5.32 Å². The van der Waals surface area contributed by atoms with Crippen LogP contribution in [0.4, 0.5) is 20.2 Å². The molecule has 0 spiro atoms. The number of rotatable bonds is 3. The summed E-state index contributed by atoms with van der Waals surface area (Å²) in [6.07, 6.45) is 0. The van der Waals surface area contributed by atoms with E-state index in [4.69, 9.17) is 0 Å². The van der Waals surface area contributed by atoms with Crippen LogP contribution in [0.3, 0.4) is 0 Å². The highest BCUT2D eigenvalue weighted by molar-refractivity contribution is 9.10. The molecule has 0 atom stereocenters. The number of hydrogen-bond donors (Lipinski definition) is 1. The number of nitro groups is 1. The number of hydrogen-bond acceptors (Lipinski definition) is 3. The number of nitro benzene ring substituents is 1. The molecule has 1 amide bonds. The van der Waals surface area contributed by atoms with Gasteiger partial charge in [-0.15, -0.1) is 0 Å². The lowest BCUT2D eigenvalue weighted by Crippen LogP contribution is -2.13. The summed E-state index contributed by atoms with van der Waals surface area (Å²) in [7, 11) is 0. The first-order valence-corrected chi connectivity index (χ1v) is 6.38. The molecular weight excluding hydrogens is 350 g/mol. The second-order valence-electron chi connectivity index (χ2n) is 4.00. The minimum atomic E-state index is -0.806. The number of nitrogens with zero attached hydrogens (tertiary/aromatic N) is 1. The van der Waals surface area contributed by atoms with Crippen molar-refractivity contribution in [1.29, 1.82) is 0 Å². The van der Waals surface area contributed by atoms with Gasteiger partial charge in [-0.3, -0.25) is 14.9 Å². The van der Waals surface area contributed by atoms with E-state index in [-0.39, 0.29) is 15.7 Å². The fourth-order valence-electron chi connectivity index (χ4n) is 1.59. The summed E-state index contributed by atoms with van der Waals surface area (Å²) in [6.45, 7) is 0. The Hall–Kier alpha value is -2.35. The van der Waals surface area contributed by atoms with Crippen molar-refractivity contribution in [1.82, 2.24) is 0 Å². The molecule has 0 radical (unpaired) electrons. The van der Waals surface area contributed by atoms with E-state index in [1.54, 1.807) is 0 Å². The monoisotopic (exact) mass is 356 g/mol. The Morgan fingerprint density at radius 2 is 1.90 bits per heavy atom. The molecular formula is C13H7BrF2N2O3. The molecule has 0 aliphatic heterocycles. The number of halogens is 3. The second-order valence-corrected chi connectivity index (χ2v) is 4.86. The molecule has 108 valence electrons. The predicted octanol–water partition coefficient (Wildman–Crippen LogP) is 3.89. The van der Waals surface area contributed by atoms with E-state index in [0.717, 1.165) is 18.2 Å². The summed E-state index contributed by atoms with van der Waals surface area (Å²) >= 11 is 2.93. The molecule has 0 saturated carbocycles. The molecule has 0 aromatic heterocycles. The van der Waals surface area contributed by atoms with Gasteiger partial charge < -0.3 is 5.32 Å². The van der Waals surface area contributed by atoms with Gasteiger partial charge in [0.15, 0.2) is 0 Å². The van der Waals surface area contributed by atoms with Gasteiger partial charge in [0.05, 0.1) is 15.5 Å². The molecule has 0 heterocycles. The van der Waals surface area contributed by atoms with Gasteiger partial charge in [-0.2, -0.15) is 0 Å².